The second kappa shape index (κ2) is 13.1. The molecule has 182 valence electrons. The number of rotatable bonds is 10. The van der Waals surface area contributed by atoms with Crippen LogP contribution in [0.15, 0.2) is 71.2 Å². The Balaban J connectivity index is 1.33. The first-order valence-electron chi connectivity index (χ1n) is 10.5. The molecule has 0 aliphatic heterocycles. The van der Waals surface area contributed by atoms with Crippen molar-refractivity contribution >= 4 is 68.3 Å². The van der Waals surface area contributed by atoms with Gasteiger partial charge in [0, 0.05) is 28.0 Å². The van der Waals surface area contributed by atoms with Gasteiger partial charge < -0.3 is 20.1 Å². The molecule has 35 heavy (non-hydrogen) atoms. The van der Waals surface area contributed by atoms with Gasteiger partial charge in [-0.1, -0.05) is 39.1 Å². The Morgan fingerprint density at radius 2 is 1.46 bits per heavy atom. The first-order valence-corrected chi connectivity index (χ1v) is 12.1. The number of benzene rings is 3. The van der Waals surface area contributed by atoms with Gasteiger partial charge in [-0.05, 0) is 73.2 Å². The Morgan fingerprint density at radius 3 is 2.11 bits per heavy atom. The van der Waals surface area contributed by atoms with Crippen molar-refractivity contribution in [3.05, 3.63) is 81.2 Å². The van der Waals surface area contributed by atoms with Crippen molar-refractivity contribution in [1.82, 2.24) is 0 Å². The number of carbonyl (C=O) groups is 3. The van der Waals surface area contributed by atoms with E-state index in [1.807, 2.05) is 24.3 Å². The Bertz CT molecular complexity index is 1190. The van der Waals surface area contributed by atoms with E-state index in [9.17, 15) is 14.4 Å². The summed E-state index contributed by atoms with van der Waals surface area (Å²) in [6.07, 6.45) is 0.404. The van der Waals surface area contributed by atoms with E-state index < -0.39 is 18.5 Å². The zero-order valence-corrected chi connectivity index (χ0v) is 21.5. The van der Waals surface area contributed by atoms with Crippen LogP contribution >= 0.6 is 39.1 Å². The van der Waals surface area contributed by atoms with Crippen molar-refractivity contribution in [1.29, 1.82) is 0 Å². The Kier molecular flexibility index (Phi) is 9.96. The smallest absolute Gasteiger partial charge is 0.306 e. The second-order valence-electron chi connectivity index (χ2n) is 7.32. The molecule has 0 heterocycles. The quantitative estimate of drug-likeness (QED) is 0.256. The van der Waals surface area contributed by atoms with Gasteiger partial charge >= 0.3 is 5.97 Å². The Hall–Kier alpha value is -3.07. The van der Waals surface area contributed by atoms with Gasteiger partial charge in [0.2, 0.25) is 5.91 Å². The maximum atomic E-state index is 12.1. The molecule has 10 heteroatoms. The number of hydrogen-bond acceptors (Lipinski definition) is 5. The predicted molar refractivity (Wildman–Crippen MR) is 139 cm³/mol. The van der Waals surface area contributed by atoms with Crippen LogP contribution in [0.4, 0.5) is 11.4 Å². The number of amides is 2. The van der Waals surface area contributed by atoms with Crippen LogP contribution < -0.4 is 15.4 Å². The van der Waals surface area contributed by atoms with Crippen LogP contribution in [0, 0.1) is 0 Å². The largest absolute Gasteiger partial charge is 0.457 e. The molecule has 0 bridgehead atoms. The third kappa shape index (κ3) is 9.24. The minimum atomic E-state index is -0.579. The van der Waals surface area contributed by atoms with E-state index >= 15 is 0 Å². The normalized spacial score (nSPS) is 10.4. The third-order valence-electron chi connectivity index (χ3n) is 4.54. The zero-order chi connectivity index (χ0) is 25.2. The summed E-state index contributed by atoms with van der Waals surface area (Å²) in [5.41, 5.74) is 0.972. The highest BCUT2D eigenvalue weighted by atomic mass is 79.9. The van der Waals surface area contributed by atoms with Crippen LogP contribution in [0.25, 0.3) is 0 Å². The molecule has 3 aromatic carbocycles. The van der Waals surface area contributed by atoms with Gasteiger partial charge in [-0.3, -0.25) is 14.4 Å². The highest BCUT2D eigenvalue weighted by Crippen LogP contribution is 2.26. The molecule has 0 atom stereocenters. The molecule has 0 aliphatic carbocycles. The van der Waals surface area contributed by atoms with Crippen LogP contribution in [-0.4, -0.2) is 24.4 Å². The number of carbonyl (C=O) groups excluding carboxylic acids is 3. The SMILES string of the molecule is O=C(CCCC(=O)OCC(=O)Nc1ccc(Cl)cc1Cl)Nc1ccc(Oc2ccc(Br)cc2)cc1. The van der Waals surface area contributed by atoms with Crippen LogP contribution in [0.1, 0.15) is 19.3 Å². The summed E-state index contributed by atoms with van der Waals surface area (Å²) in [4.78, 5) is 35.9. The summed E-state index contributed by atoms with van der Waals surface area (Å²) in [7, 11) is 0. The maximum Gasteiger partial charge on any atom is 0.306 e. The van der Waals surface area contributed by atoms with Gasteiger partial charge in [0.25, 0.3) is 5.91 Å². The summed E-state index contributed by atoms with van der Waals surface area (Å²) in [5, 5.41) is 6.00. The molecule has 0 saturated carbocycles. The molecule has 7 nitrogen and oxygen atoms in total. The highest BCUT2D eigenvalue weighted by Gasteiger charge is 2.11. The molecule has 0 radical (unpaired) electrons. The van der Waals surface area contributed by atoms with Crippen LogP contribution in [0.3, 0.4) is 0 Å². The van der Waals surface area contributed by atoms with E-state index in [2.05, 4.69) is 26.6 Å². The lowest BCUT2D eigenvalue weighted by Crippen LogP contribution is -2.21. The first-order chi connectivity index (χ1) is 16.8. The van der Waals surface area contributed by atoms with Crippen molar-refractivity contribution in [2.45, 2.75) is 19.3 Å². The number of ether oxygens (including phenoxy) is 2. The molecule has 0 unspecified atom stereocenters. The molecular weight excluding hydrogens is 559 g/mol. The molecular formula is C25H21BrCl2N2O5. The molecule has 0 saturated heterocycles. The Labute approximate surface area is 220 Å². The molecule has 0 spiro atoms. The number of nitrogens with one attached hydrogen (secondary N) is 2. The van der Waals surface area contributed by atoms with E-state index in [1.165, 1.54) is 6.07 Å². The highest BCUT2D eigenvalue weighted by molar-refractivity contribution is 9.10. The molecule has 3 aromatic rings. The number of esters is 1. The number of hydrogen-bond donors (Lipinski definition) is 2. The molecule has 3 rings (SSSR count). The van der Waals surface area contributed by atoms with Gasteiger partial charge in [-0.25, -0.2) is 0 Å². The summed E-state index contributed by atoms with van der Waals surface area (Å²) >= 11 is 15.2. The second-order valence-corrected chi connectivity index (χ2v) is 9.07. The monoisotopic (exact) mass is 578 g/mol. The van der Waals surface area contributed by atoms with E-state index in [0.29, 0.717) is 27.9 Å². The topological polar surface area (TPSA) is 93.7 Å². The summed E-state index contributed by atoms with van der Waals surface area (Å²) < 4.78 is 11.6. The van der Waals surface area contributed by atoms with Gasteiger partial charge in [-0.2, -0.15) is 0 Å². The molecule has 0 aromatic heterocycles. The van der Waals surface area contributed by atoms with Crippen molar-refractivity contribution in [2.24, 2.45) is 0 Å². The lowest BCUT2D eigenvalue weighted by atomic mass is 10.2. The van der Waals surface area contributed by atoms with Gasteiger partial charge in [-0.15, -0.1) is 0 Å². The fourth-order valence-corrected chi connectivity index (χ4v) is 3.58. The third-order valence-corrected chi connectivity index (χ3v) is 5.62. The molecule has 2 amide bonds. The van der Waals surface area contributed by atoms with E-state index in [0.717, 1.165) is 4.47 Å². The van der Waals surface area contributed by atoms with Gasteiger partial charge in [0.1, 0.15) is 11.5 Å². The maximum absolute atomic E-state index is 12.1. The average Bonchev–Trinajstić information content (AvgIpc) is 2.82. The van der Waals surface area contributed by atoms with Crippen molar-refractivity contribution in [3.63, 3.8) is 0 Å². The Morgan fingerprint density at radius 1 is 0.800 bits per heavy atom. The first kappa shape index (κ1) is 26.5. The van der Waals surface area contributed by atoms with E-state index in [1.54, 1.807) is 36.4 Å². The predicted octanol–water partition coefficient (Wildman–Crippen LogP) is 6.84. The fraction of sp³-hybridized carbons (Fsp3) is 0.160. The summed E-state index contributed by atoms with van der Waals surface area (Å²) in [6.45, 7) is -0.460. The lowest BCUT2D eigenvalue weighted by Gasteiger charge is -2.09. The van der Waals surface area contributed by atoms with Crippen LogP contribution in [0.5, 0.6) is 11.5 Å². The zero-order valence-electron chi connectivity index (χ0n) is 18.4. The molecule has 0 fully saturated rings. The van der Waals surface area contributed by atoms with Crippen molar-refractivity contribution in [2.75, 3.05) is 17.2 Å². The van der Waals surface area contributed by atoms with Gasteiger partial charge in [0.05, 0.1) is 10.7 Å². The molecule has 2 N–H and O–H groups in total. The van der Waals surface area contributed by atoms with Crippen molar-refractivity contribution in [3.8, 4) is 11.5 Å². The van der Waals surface area contributed by atoms with Gasteiger partial charge in [0.15, 0.2) is 6.61 Å². The minimum Gasteiger partial charge on any atom is -0.457 e. The minimum absolute atomic E-state index is 0.00235. The summed E-state index contributed by atoms with van der Waals surface area (Å²) in [5.74, 6) is -0.0226. The fourth-order valence-electron chi connectivity index (χ4n) is 2.86. The lowest BCUT2D eigenvalue weighted by molar-refractivity contribution is -0.147. The van der Waals surface area contributed by atoms with E-state index in [4.69, 9.17) is 32.7 Å². The average molecular weight is 580 g/mol. The summed E-state index contributed by atoms with van der Waals surface area (Å²) in [6, 6.07) is 19.0. The van der Waals surface area contributed by atoms with Crippen LogP contribution in [0.2, 0.25) is 10.0 Å². The number of anilines is 2. The molecule has 0 aliphatic rings. The van der Waals surface area contributed by atoms with Crippen LogP contribution in [-0.2, 0) is 19.1 Å². The van der Waals surface area contributed by atoms with E-state index in [-0.39, 0.29) is 30.2 Å². The van der Waals surface area contributed by atoms with Crippen molar-refractivity contribution < 1.29 is 23.9 Å². The standard InChI is InChI=1S/C25H21BrCl2N2O5/c26-16-4-9-19(10-5-16)35-20-11-7-18(8-12-20)29-23(31)2-1-3-25(33)34-15-24(32)30-22-13-6-17(27)14-21(22)28/h4-14H,1-3,15H2,(H,29,31)(H,30,32). The number of halogens is 3.